The maximum Gasteiger partial charge on any atom is 0.199 e. The van der Waals surface area contributed by atoms with Crippen LogP contribution in [0.2, 0.25) is 5.02 Å². The molecule has 2 heterocycles. The third-order valence-corrected chi connectivity index (χ3v) is 4.58. The molecule has 0 unspecified atom stereocenters. The lowest BCUT2D eigenvalue weighted by Crippen LogP contribution is -2.14. The molecule has 0 spiro atoms. The molecule has 0 saturated carbocycles. The van der Waals surface area contributed by atoms with Gasteiger partial charge in [0.15, 0.2) is 23.0 Å². The molecule has 0 amide bonds. The number of carbonyl (C=O) groups excluding carboxylic acids is 1. The molecule has 110 valence electrons. The van der Waals surface area contributed by atoms with Crippen LogP contribution in [0.1, 0.15) is 35.1 Å². The second-order valence-corrected chi connectivity index (χ2v) is 6.27. The second-order valence-electron chi connectivity index (χ2n) is 4.79. The molecule has 1 aromatic heterocycles. The highest BCUT2D eigenvalue weighted by molar-refractivity contribution is 7.99. The number of hydrogen-bond acceptors (Lipinski definition) is 5. The normalized spacial score (nSPS) is 16.0. The minimum atomic E-state index is 0.233. The maximum absolute atomic E-state index is 11.2. The van der Waals surface area contributed by atoms with Crippen molar-refractivity contribution in [2.24, 2.45) is 0 Å². The van der Waals surface area contributed by atoms with E-state index in [1.165, 1.54) is 11.8 Å². The first kappa shape index (κ1) is 14.6. The molecule has 1 fully saturated rings. The Kier molecular flexibility index (Phi) is 4.63. The van der Waals surface area contributed by atoms with Gasteiger partial charge in [-0.25, -0.2) is 4.98 Å². The third-order valence-electron chi connectivity index (χ3n) is 3.34. The van der Waals surface area contributed by atoms with Gasteiger partial charge in [-0.15, -0.1) is 0 Å². The molecule has 0 bridgehead atoms. The number of oxazole rings is 1. The maximum atomic E-state index is 11.2. The van der Waals surface area contributed by atoms with Crippen molar-refractivity contribution < 1.29 is 13.9 Å². The van der Waals surface area contributed by atoms with Crippen LogP contribution in [0, 0.1) is 0 Å². The molecular formula is C15H14ClNO3S. The van der Waals surface area contributed by atoms with E-state index in [-0.39, 0.29) is 5.92 Å². The summed E-state index contributed by atoms with van der Waals surface area (Å²) in [5.41, 5.74) is 0.358. The average molecular weight is 324 g/mol. The summed E-state index contributed by atoms with van der Waals surface area (Å²) in [6.07, 6.45) is 2.50. The molecule has 4 nitrogen and oxygen atoms in total. The molecule has 21 heavy (non-hydrogen) atoms. The molecule has 2 aromatic rings. The van der Waals surface area contributed by atoms with Crippen LogP contribution in [0.4, 0.5) is 0 Å². The van der Waals surface area contributed by atoms with Gasteiger partial charge >= 0.3 is 0 Å². The van der Waals surface area contributed by atoms with Gasteiger partial charge in [0.2, 0.25) is 0 Å². The fraction of sp³-hybridized carbons (Fsp3) is 0.333. The summed E-state index contributed by atoms with van der Waals surface area (Å²) >= 11 is 7.25. The zero-order valence-corrected chi connectivity index (χ0v) is 12.8. The van der Waals surface area contributed by atoms with Crippen molar-refractivity contribution in [3.63, 3.8) is 0 Å². The van der Waals surface area contributed by atoms with E-state index in [2.05, 4.69) is 4.98 Å². The fourth-order valence-corrected chi connectivity index (χ4v) is 3.15. The van der Waals surface area contributed by atoms with E-state index in [1.807, 2.05) is 12.1 Å². The number of hydrogen-bond donors (Lipinski definition) is 0. The van der Waals surface area contributed by atoms with Crippen molar-refractivity contribution in [3.8, 4) is 0 Å². The summed E-state index contributed by atoms with van der Waals surface area (Å²) in [5, 5.41) is 1.21. The second kappa shape index (κ2) is 6.64. The highest BCUT2D eigenvalue weighted by Crippen LogP contribution is 2.35. The lowest BCUT2D eigenvalue weighted by atomic mass is 10.0. The lowest BCUT2D eigenvalue weighted by molar-refractivity contribution is 0.0786. The first-order valence-electron chi connectivity index (χ1n) is 6.73. The van der Waals surface area contributed by atoms with E-state index in [1.54, 1.807) is 12.1 Å². The summed E-state index contributed by atoms with van der Waals surface area (Å²) in [7, 11) is 0. The van der Waals surface area contributed by atoms with E-state index in [4.69, 9.17) is 20.8 Å². The predicted octanol–water partition coefficient (Wildman–Crippen LogP) is 4.19. The topological polar surface area (TPSA) is 52.3 Å². The number of ether oxygens (including phenoxy) is 1. The number of carbonyl (C=O) groups is 1. The SMILES string of the molecule is O=Cc1nc(C2CCOCC2)oc1Sc1ccc(Cl)cc1. The number of aromatic nitrogens is 1. The van der Waals surface area contributed by atoms with Crippen LogP contribution in [0.15, 0.2) is 38.7 Å². The van der Waals surface area contributed by atoms with Crippen molar-refractivity contribution in [2.75, 3.05) is 13.2 Å². The van der Waals surface area contributed by atoms with Gasteiger partial charge < -0.3 is 9.15 Å². The Morgan fingerprint density at radius 2 is 1.95 bits per heavy atom. The van der Waals surface area contributed by atoms with E-state index >= 15 is 0 Å². The lowest BCUT2D eigenvalue weighted by Gasteiger charge is -2.18. The average Bonchev–Trinajstić information content (AvgIpc) is 2.93. The van der Waals surface area contributed by atoms with Gasteiger partial charge in [-0.05, 0) is 48.9 Å². The molecule has 0 radical (unpaired) electrons. The van der Waals surface area contributed by atoms with Crippen molar-refractivity contribution in [2.45, 2.75) is 28.7 Å². The highest BCUT2D eigenvalue weighted by atomic mass is 35.5. The van der Waals surface area contributed by atoms with Crippen molar-refractivity contribution in [3.05, 3.63) is 40.9 Å². The van der Waals surface area contributed by atoms with E-state index in [9.17, 15) is 4.79 Å². The van der Waals surface area contributed by atoms with Crippen LogP contribution in [0.25, 0.3) is 0 Å². The zero-order valence-electron chi connectivity index (χ0n) is 11.3. The van der Waals surface area contributed by atoms with E-state index in [0.717, 1.165) is 24.0 Å². The van der Waals surface area contributed by atoms with Gasteiger partial charge in [-0.2, -0.15) is 0 Å². The Labute approximate surface area is 131 Å². The summed E-state index contributed by atoms with van der Waals surface area (Å²) in [6.45, 7) is 1.42. The molecule has 6 heteroatoms. The molecule has 0 aliphatic carbocycles. The quantitative estimate of drug-likeness (QED) is 0.790. The Hall–Kier alpha value is -1.30. The summed E-state index contributed by atoms with van der Waals surface area (Å²) in [6, 6.07) is 7.39. The van der Waals surface area contributed by atoms with Crippen molar-refractivity contribution >= 4 is 29.6 Å². The van der Waals surface area contributed by atoms with Gasteiger partial charge in [-0.3, -0.25) is 4.79 Å². The smallest absolute Gasteiger partial charge is 0.199 e. The third kappa shape index (κ3) is 3.48. The van der Waals surface area contributed by atoms with Crippen LogP contribution in [0.3, 0.4) is 0 Å². The summed E-state index contributed by atoms with van der Waals surface area (Å²) in [5.74, 6) is 0.869. The molecule has 1 aromatic carbocycles. The van der Waals surface area contributed by atoms with Crippen LogP contribution >= 0.6 is 23.4 Å². The van der Waals surface area contributed by atoms with E-state index in [0.29, 0.717) is 34.9 Å². The van der Waals surface area contributed by atoms with Gasteiger partial charge in [-0.1, -0.05) is 11.6 Å². The molecule has 1 aliphatic heterocycles. The molecule has 0 N–H and O–H groups in total. The van der Waals surface area contributed by atoms with Crippen molar-refractivity contribution in [1.29, 1.82) is 0 Å². The fourth-order valence-electron chi connectivity index (χ4n) is 2.21. The minimum Gasteiger partial charge on any atom is -0.433 e. The number of rotatable bonds is 4. The Balaban J connectivity index is 1.82. The summed E-state index contributed by atoms with van der Waals surface area (Å²) < 4.78 is 11.1. The molecule has 0 atom stereocenters. The van der Waals surface area contributed by atoms with E-state index < -0.39 is 0 Å². The number of nitrogens with zero attached hydrogens (tertiary/aromatic N) is 1. The largest absolute Gasteiger partial charge is 0.433 e. The van der Waals surface area contributed by atoms with Crippen LogP contribution < -0.4 is 0 Å². The predicted molar refractivity (Wildman–Crippen MR) is 80.3 cm³/mol. The zero-order chi connectivity index (χ0) is 14.7. The highest BCUT2D eigenvalue weighted by Gasteiger charge is 2.23. The monoisotopic (exact) mass is 323 g/mol. The Morgan fingerprint density at radius 3 is 2.62 bits per heavy atom. The van der Waals surface area contributed by atoms with Gasteiger partial charge in [0.05, 0.1) is 0 Å². The number of halogens is 1. The number of aldehydes is 1. The molecular weight excluding hydrogens is 310 g/mol. The standard InChI is InChI=1S/C15H14ClNO3S/c16-11-1-3-12(4-2-11)21-15-13(9-18)17-14(20-15)10-5-7-19-8-6-10/h1-4,9-10H,5-8H2. The Bertz CT molecular complexity index is 620. The minimum absolute atomic E-state index is 0.233. The summed E-state index contributed by atoms with van der Waals surface area (Å²) in [4.78, 5) is 16.5. The number of benzene rings is 1. The molecule has 1 saturated heterocycles. The first-order valence-corrected chi connectivity index (χ1v) is 7.93. The van der Waals surface area contributed by atoms with Crippen molar-refractivity contribution in [1.82, 2.24) is 4.98 Å². The van der Waals surface area contributed by atoms with Gasteiger partial charge in [0.1, 0.15) is 0 Å². The van der Waals surface area contributed by atoms with Crippen LogP contribution in [-0.4, -0.2) is 24.5 Å². The van der Waals surface area contributed by atoms with Crippen LogP contribution in [0.5, 0.6) is 0 Å². The van der Waals surface area contributed by atoms with Gasteiger partial charge in [0, 0.05) is 29.0 Å². The first-order chi connectivity index (χ1) is 10.3. The van der Waals surface area contributed by atoms with Gasteiger partial charge in [0.25, 0.3) is 0 Å². The molecule has 1 aliphatic rings. The molecule has 3 rings (SSSR count). The van der Waals surface area contributed by atoms with Crippen LogP contribution in [-0.2, 0) is 4.74 Å². The Morgan fingerprint density at radius 1 is 1.24 bits per heavy atom.